The fourth-order valence-corrected chi connectivity index (χ4v) is 3.29. The van der Waals surface area contributed by atoms with Crippen LogP contribution >= 0.6 is 15.9 Å². The Balaban J connectivity index is 1.86. The summed E-state index contributed by atoms with van der Waals surface area (Å²) in [6.45, 7) is 5.47. The fourth-order valence-electron chi connectivity index (χ4n) is 2.85. The van der Waals surface area contributed by atoms with Crippen LogP contribution in [0.2, 0.25) is 0 Å². The van der Waals surface area contributed by atoms with E-state index in [1.165, 1.54) is 12.8 Å². The SMILES string of the molecule is CCC1COC(C)CN1C(=O)c1cc(Br)cn1C1CC1. The number of hydrogen-bond acceptors (Lipinski definition) is 2. The van der Waals surface area contributed by atoms with Crippen molar-refractivity contribution in [2.75, 3.05) is 13.2 Å². The van der Waals surface area contributed by atoms with Crippen molar-refractivity contribution in [3.05, 3.63) is 22.4 Å². The van der Waals surface area contributed by atoms with Crippen LogP contribution in [0.1, 0.15) is 49.6 Å². The summed E-state index contributed by atoms with van der Waals surface area (Å²) in [6.07, 6.45) is 5.45. The highest BCUT2D eigenvalue weighted by Gasteiger charge is 2.34. The van der Waals surface area contributed by atoms with Gasteiger partial charge in [0.25, 0.3) is 5.91 Å². The van der Waals surface area contributed by atoms with Crippen molar-refractivity contribution in [3.63, 3.8) is 0 Å². The molecule has 0 radical (unpaired) electrons. The van der Waals surface area contributed by atoms with Crippen LogP contribution in [0.25, 0.3) is 0 Å². The van der Waals surface area contributed by atoms with Crippen molar-refractivity contribution in [3.8, 4) is 0 Å². The van der Waals surface area contributed by atoms with Crippen molar-refractivity contribution < 1.29 is 9.53 Å². The van der Waals surface area contributed by atoms with E-state index < -0.39 is 0 Å². The van der Waals surface area contributed by atoms with Crippen molar-refractivity contribution in [2.45, 2.75) is 51.3 Å². The molecule has 110 valence electrons. The zero-order valence-corrected chi connectivity index (χ0v) is 13.6. The second-order valence-electron chi connectivity index (χ2n) is 5.85. The number of halogens is 1. The predicted molar refractivity (Wildman–Crippen MR) is 80.9 cm³/mol. The molecule has 1 saturated carbocycles. The summed E-state index contributed by atoms with van der Waals surface area (Å²) < 4.78 is 8.81. The lowest BCUT2D eigenvalue weighted by Crippen LogP contribution is -2.51. The van der Waals surface area contributed by atoms with E-state index in [4.69, 9.17) is 4.74 Å². The van der Waals surface area contributed by atoms with Crippen LogP contribution in [0.3, 0.4) is 0 Å². The number of aromatic nitrogens is 1. The summed E-state index contributed by atoms with van der Waals surface area (Å²) in [7, 11) is 0. The average molecular weight is 341 g/mol. The number of rotatable bonds is 3. The van der Waals surface area contributed by atoms with Gasteiger partial charge in [0.05, 0.1) is 18.8 Å². The number of carbonyl (C=O) groups is 1. The molecule has 0 aromatic carbocycles. The molecule has 5 heteroatoms. The molecule has 0 bridgehead atoms. The van der Waals surface area contributed by atoms with E-state index in [1.807, 2.05) is 24.1 Å². The van der Waals surface area contributed by atoms with E-state index in [-0.39, 0.29) is 18.1 Å². The molecule has 0 N–H and O–H groups in total. The quantitative estimate of drug-likeness (QED) is 0.846. The molecular formula is C15H21BrN2O2. The van der Waals surface area contributed by atoms with E-state index in [1.54, 1.807) is 0 Å². The third-order valence-corrected chi connectivity index (χ3v) is 4.61. The Labute approximate surface area is 128 Å². The molecule has 1 aliphatic heterocycles. The minimum atomic E-state index is 0.120. The number of carbonyl (C=O) groups excluding carboxylic acids is 1. The number of ether oxygens (including phenoxy) is 1. The first-order chi connectivity index (χ1) is 9.60. The Morgan fingerprint density at radius 3 is 2.90 bits per heavy atom. The van der Waals surface area contributed by atoms with E-state index in [0.29, 0.717) is 19.2 Å². The molecular weight excluding hydrogens is 320 g/mol. The average Bonchev–Trinajstić information content (AvgIpc) is 3.21. The minimum absolute atomic E-state index is 0.120. The zero-order valence-electron chi connectivity index (χ0n) is 12.0. The van der Waals surface area contributed by atoms with Crippen LogP contribution in [0, 0.1) is 0 Å². The van der Waals surface area contributed by atoms with Gasteiger partial charge in [-0.2, -0.15) is 0 Å². The predicted octanol–water partition coefficient (Wildman–Crippen LogP) is 3.23. The Kier molecular flexibility index (Phi) is 3.91. The Hall–Kier alpha value is -0.810. The maximum absolute atomic E-state index is 12.9. The molecule has 1 aromatic rings. The Morgan fingerprint density at radius 1 is 1.50 bits per heavy atom. The normalized spacial score (nSPS) is 26.9. The van der Waals surface area contributed by atoms with Gasteiger partial charge in [-0.3, -0.25) is 4.79 Å². The van der Waals surface area contributed by atoms with Crippen LogP contribution in [-0.4, -0.2) is 40.7 Å². The maximum Gasteiger partial charge on any atom is 0.270 e. The van der Waals surface area contributed by atoms with E-state index in [2.05, 4.69) is 27.4 Å². The molecule has 1 saturated heterocycles. The number of hydrogen-bond donors (Lipinski definition) is 0. The lowest BCUT2D eigenvalue weighted by molar-refractivity contribution is -0.0447. The smallest absolute Gasteiger partial charge is 0.270 e. The van der Waals surface area contributed by atoms with Crippen molar-refractivity contribution in [1.29, 1.82) is 0 Å². The number of nitrogens with zero attached hydrogens (tertiary/aromatic N) is 2. The van der Waals surface area contributed by atoms with Crippen molar-refractivity contribution >= 4 is 21.8 Å². The summed E-state index contributed by atoms with van der Waals surface area (Å²) >= 11 is 3.50. The van der Waals surface area contributed by atoms with Crippen LogP contribution in [-0.2, 0) is 4.74 Å². The van der Waals surface area contributed by atoms with Crippen LogP contribution in [0.5, 0.6) is 0 Å². The number of morpholine rings is 1. The topological polar surface area (TPSA) is 34.5 Å². The van der Waals surface area contributed by atoms with Gasteiger partial charge < -0.3 is 14.2 Å². The fraction of sp³-hybridized carbons (Fsp3) is 0.667. The van der Waals surface area contributed by atoms with Gasteiger partial charge in [0.2, 0.25) is 0 Å². The summed E-state index contributed by atoms with van der Waals surface area (Å²) in [5, 5.41) is 0. The molecule has 3 rings (SSSR count). The van der Waals surface area contributed by atoms with Gasteiger partial charge >= 0.3 is 0 Å². The largest absolute Gasteiger partial charge is 0.375 e. The van der Waals surface area contributed by atoms with Gasteiger partial charge in [0, 0.05) is 23.3 Å². The lowest BCUT2D eigenvalue weighted by Gasteiger charge is -2.38. The van der Waals surface area contributed by atoms with Gasteiger partial charge in [-0.25, -0.2) is 0 Å². The second-order valence-corrected chi connectivity index (χ2v) is 6.76. The molecule has 0 spiro atoms. The molecule has 2 heterocycles. The van der Waals surface area contributed by atoms with E-state index >= 15 is 0 Å². The molecule has 2 unspecified atom stereocenters. The van der Waals surface area contributed by atoms with Gasteiger partial charge in [-0.1, -0.05) is 6.92 Å². The second kappa shape index (κ2) is 5.53. The first-order valence-corrected chi connectivity index (χ1v) is 8.19. The molecule has 4 nitrogen and oxygen atoms in total. The number of amides is 1. The molecule has 1 amide bonds. The standard InChI is InChI=1S/C15H21BrN2O2/c1-3-12-9-20-10(2)7-18(12)15(19)14-6-11(16)8-17(14)13-4-5-13/h6,8,10,12-13H,3-5,7,9H2,1-2H3. The molecule has 2 aliphatic rings. The van der Waals surface area contributed by atoms with E-state index in [9.17, 15) is 4.79 Å². The highest BCUT2D eigenvalue weighted by molar-refractivity contribution is 9.10. The Bertz CT molecular complexity index is 510. The van der Waals surface area contributed by atoms with Crippen LogP contribution < -0.4 is 0 Å². The van der Waals surface area contributed by atoms with E-state index in [0.717, 1.165) is 16.6 Å². The first-order valence-electron chi connectivity index (χ1n) is 7.40. The summed E-state index contributed by atoms with van der Waals surface area (Å²) in [4.78, 5) is 14.9. The summed E-state index contributed by atoms with van der Waals surface area (Å²) in [5.41, 5.74) is 0.812. The monoisotopic (exact) mass is 340 g/mol. The molecule has 20 heavy (non-hydrogen) atoms. The zero-order chi connectivity index (χ0) is 14.3. The summed E-state index contributed by atoms with van der Waals surface area (Å²) in [6, 6.07) is 2.66. The highest BCUT2D eigenvalue weighted by atomic mass is 79.9. The minimum Gasteiger partial charge on any atom is -0.375 e. The van der Waals surface area contributed by atoms with Crippen molar-refractivity contribution in [1.82, 2.24) is 9.47 Å². The first kappa shape index (κ1) is 14.1. The van der Waals surface area contributed by atoms with Gasteiger partial charge in [-0.05, 0) is 48.2 Å². The molecule has 2 atom stereocenters. The third kappa shape index (κ3) is 2.66. The van der Waals surface area contributed by atoms with Gasteiger partial charge in [0.1, 0.15) is 5.69 Å². The van der Waals surface area contributed by atoms with Gasteiger partial charge in [0.15, 0.2) is 0 Å². The van der Waals surface area contributed by atoms with Crippen LogP contribution in [0.4, 0.5) is 0 Å². The highest BCUT2D eigenvalue weighted by Crippen LogP contribution is 2.38. The molecule has 2 fully saturated rings. The van der Waals surface area contributed by atoms with Crippen molar-refractivity contribution in [2.24, 2.45) is 0 Å². The van der Waals surface area contributed by atoms with Gasteiger partial charge in [-0.15, -0.1) is 0 Å². The Morgan fingerprint density at radius 2 is 2.25 bits per heavy atom. The molecule has 1 aromatic heterocycles. The third-order valence-electron chi connectivity index (χ3n) is 4.17. The maximum atomic E-state index is 12.9. The molecule has 1 aliphatic carbocycles. The summed E-state index contributed by atoms with van der Waals surface area (Å²) in [5.74, 6) is 0.143. The lowest BCUT2D eigenvalue weighted by atomic mass is 10.1. The van der Waals surface area contributed by atoms with Crippen LogP contribution in [0.15, 0.2) is 16.7 Å².